The van der Waals surface area contributed by atoms with Gasteiger partial charge >= 0.3 is 6.09 Å². The Hall–Kier alpha value is -1.30. The van der Waals surface area contributed by atoms with Crippen molar-refractivity contribution in [1.29, 1.82) is 0 Å². The number of halogens is 1. The SMILES string of the molecule is CN(C)C(=O)O.CN1CCC(O)(c2ccccc2)CC1.Cl. The third-order valence-corrected chi connectivity index (χ3v) is 3.51. The first kappa shape index (κ1) is 19.7. The fourth-order valence-electron chi connectivity index (χ4n) is 2.03. The molecule has 0 spiro atoms. The first-order chi connectivity index (χ1) is 9.35. The maximum Gasteiger partial charge on any atom is 0.406 e. The minimum Gasteiger partial charge on any atom is -0.465 e. The summed E-state index contributed by atoms with van der Waals surface area (Å²) in [6.45, 7) is 1.96. The third-order valence-electron chi connectivity index (χ3n) is 3.51. The predicted molar refractivity (Wildman–Crippen MR) is 86.0 cm³/mol. The van der Waals surface area contributed by atoms with Crippen molar-refractivity contribution in [1.82, 2.24) is 9.80 Å². The van der Waals surface area contributed by atoms with Crippen molar-refractivity contribution < 1.29 is 15.0 Å². The van der Waals surface area contributed by atoms with Crippen LogP contribution < -0.4 is 0 Å². The summed E-state index contributed by atoms with van der Waals surface area (Å²) in [5.41, 5.74) is 0.474. The van der Waals surface area contributed by atoms with Crippen molar-refractivity contribution in [2.24, 2.45) is 0 Å². The molecule has 1 aliphatic rings. The van der Waals surface area contributed by atoms with E-state index < -0.39 is 11.7 Å². The summed E-state index contributed by atoms with van der Waals surface area (Å²) in [4.78, 5) is 13.0. The Bertz CT molecular complexity index is 418. The second-order valence-corrected chi connectivity index (χ2v) is 5.38. The number of hydrogen-bond acceptors (Lipinski definition) is 3. The van der Waals surface area contributed by atoms with Gasteiger partial charge < -0.3 is 20.0 Å². The van der Waals surface area contributed by atoms with E-state index in [9.17, 15) is 9.90 Å². The lowest BCUT2D eigenvalue weighted by Gasteiger charge is -2.36. The van der Waals surface area contributed by atoms with E-state index in [1.807, 2.05) is 30.3 Å². The molecule has 2 N–H and O–H groups in total. The highest BCUT2D eigenvalue weighted by Gasteiger charge is 2.32. The van der Waals surface area contributed by atoms with Gasteiger partial charge in [0.15, 0.2) is 0 Å². The third kappa shape index (κ3) is 6.33. The molecule has 1 heterocycles. The van der Waals surface area contributed by atoms with Crippen LogP contribution in [-0.2, 0) is 5.60 Å². The van der Waals surface area contributed by atoms with E-state index in [-0.39, 0.29) is 12.4 Å². The Morgan fingerprint density at radius 2 is 1.62 bits per heavy atom. The number of carboxylic acid groups (broad SMARTS) is 1. The summed E-state index contributed by atoms with van der Waals surface area (Å²) in [7, 11) is 5.05. The Labute approximate surface area is 132 Å². The van der Waals surface area contributed by atoms with Crippen LogP contribution in [0.3, 0.4) is 0 Å². The summed E-state index contributed by atoms with van der Waals surface area (Å²) in [5, 5.41) is 18.4. The first-order valence-corrected chi connectivity index (χ1v) is 6.72. The van der Waals surface area contributed by atoms with Gasteiger partial charge in [-0.15, -0.1) is 12.4 Å². The molecule has 1 aromatic carbocycles. The molecule has 0 aliphatic carbocycles. The first-order valence-electron chi connectivity index (χ1n) is 6.72. The number of amides is 1. The molecule has 1 aromatic rings. The summed E-state index contributed by atoms with van der Waals surface area (Å²) in [6, 6.07) is 10.0. The summed E-state index contributed by atoms with van der Waals surface area (Å²) < 4.78 is 0. The van der Waals surface area contributed by atoms with Crippen LogP contribution in [0.25, 0.3) is 0 Å². The van der Waals surface area contributed by atoms with E-state index in [2.05, 4.69) is 11.9 Å². The monoisotopic (exact) mass is 316 g/mol. The van der Waals surface area contributed by atoms with Crippen LogP contribution >= 0.6 is 12.4 Å². The van der Waals surface area contributed by atoms with Crippen molar-refractivity contribution >= 4 is 18.5 Å². The molecule has 0 aromatic heterocycles. The van der Waals surface area contributed by atoms with Crippen LogP contribution in [0.15, 0.2) is 30.3 Å². The van der Waals surface area contributed by atoms with Crippen molar-refractivity contribution in [2.45, 2.75) is 18.4 Å². The van der Waals surface area contributed by atoms with E-state index >= 15 is 0 Å². The average molecular weight is 317 g/mol. The van der Waals surface area contributed by atoms with Crippen LogP contribution in [0.4, 0.5) is 4.79 Å². The molecule has 5 nitrogen and oxygen atoms in total. The quantitative estimate of drug-likeness (QED) is 0.834. The van der Waals surface area contributed by atoms with Gasteiger partial charge in [-0.05, 0) is 25.5 Å². The summed E-state index contributed by atoms with van der Waals surface area (Å²) in [5.74, 6) is 0. The zero-order chi connectivity index (χ0) is 15.2. The largest absolute Gasteiger partial charge is 0.465 e. The molecule has 1 amide bonds. The van der Waals surface area contributed by atoms with Crippen LogP contribution in [0.5, 0.6) is 0 Å². The van der Waals surface area contributed by atoms with Gasteiger partial charge in [-0.1, -0.05) is 30.3 Å². The smallest absolute Gasteiger partial charge is 0.406 e. The molecule has 0 bridgehead atoms. The molecule has 6 heteroatoms. The number of benzene rings is 1. The molecule has 1 saturated heterocycles. The van der Waals surface area contributed by atoms with Gasteiger partial charge in [0.25, 0.3) is 0 Å². The number of carbonyl (C=O) groups is 1. The second kappa shape index (κ2) is 8.87. The van der Waals surface area contributed by atoms with Crippen molar-refractivity contribution in [2.75, 3.05) is 34.2 Å². The highest BCUT2D eigenvalue weighted by Crippen LogP contribution is 2.31. The maximum atomic E-state index is 10.4. The van der Waals surface area contributed by atoms with Gasteiger partial charge in [0.05, 0.1) is 5.60 Å². The van der Waals surface area contributed by atoms with Crippen molar-refractivity contribution in [3.8, 4) is 0 Å². The van der Waals surface area contributed by atoms with Gasteiger partial charge in [-0.25, -0.2) is 4.79 Å². The molecule has 0 saturated carbocycles. The fourth-order valence-corrected chi connectivity index (χ4v) is 2.03. The minimum absolute atomic E-state index is 0. The lowest BCUT2D eigenvalue weighted by Crippen LogP contribution is -2.40. The summed E-state index contributed by atoms with van der Waals surface area (Å²) in [6.07, 6.45) is 0.774. The molecule has 1 aliphatic heterocycles. The summed E-state index contributed by atoms with van der Waals surface area (Å²) >= 11 is 0. The van der Waals surface area contributed by atoms with Gasteiger partial charge in [-0.3, -0.25) is 0 Å². The van der Waals surface area contributed by atoms with E-state index in [4.69, 9.17) is 5.11 Å². The van der Waals surface area contributed by atoms with E-state index in [1.54, 1.807) is 0 Å². The number of piperidine rings is 1. The van der Waals surface area contributed by atoms with Gasteiger partial charge in [-0.2, -0.15) is 0 Å². The highest BCUT2D eigenvalue weighted by atomic mass is 35.5. The van der Waals surface area contributed by atoms with Crippen LogP contribution in [0.2, 0.25) is 0 Å². The topological polar surface area (TPSA) is 64.0 Å². The molecule has 21 heavy (non-hydrogen) atoms. The molecule has 0 unspecified atom stereocenters. The van der Waals surface area contributed by atoms with Crippen LogP contribution in [0, 0.1) is 0 Å². The molecular formula is C15H25ClN2O3. The van der Waals surface area contributed by atoms with Crippen LogP contribution in [0.1, 0.15) is 18.4 Å². The average Bonchev–Trinajstić information content (AvgIpc) is 2.44. The minimum atomic E-state index is -0.907. The molecule has 0 radical (unpaired) electrons. The van der Waals surface area contributed by atoms with Crippen molar-refractivity contribution in [3.05, 3.63) is 35.9 Å². The lowest BCUT2D eigenvalue weighted by molar-refractivity contribution is -0.0203. The predicted octanol–water partition coefficient (Wildman–Crippen LogP) is 2.25. The number of nitrogens with zero attached hydrogens (tertiary/aromatic N) is 2. The molecule has 2 rings (SSSR count). The number of likely N-dealkylation sites (tertiary alicyclic amines) is 1. The number of rotatable bonds is 1. The lowest BCUT2D eigenvalue weighted by atomic mass is 9.85. The molecule has 0 atom stereocenters. The van der Waals surface area contributed by atoms with Crippen molar-refractivity contribution in [3.63, 3.8) is 0 Å². The standard InChI is InChI=1S/C12H17NO.C3H7NO2.ClH/c1-13-9-7-12(14,8-10-13)11-5-3-2-4-6-11;1-4(2)3(5)6;/h2-6,14H,7-10H2,1H3;1-2H3,(H,5,6);1H. The van der Waals surface area contributed by atoms with E-state index in [0.717, 1.165) is 36.4 Å². The number of aliphatic hydroxyl groups is 1. The zero-order valence-electron chi connectivity index (χ0n) is 12.8. The fraction of sp³-hybridized carbons (Fsp3) is 0.533. The Kier molecular flexibility index (Phi) is 8.32. The molecule has 120 valence electrons. The van der Waals surface area contributed by atoms with Crippen LogP contribution in [-0.4, -0.2) is 60.3 Å². The van der Waals surface area contributed by atoms with Gasteiger partial charge in [0, 0.05) is 27.2 Å². The molecule has 1 fully saturated rings. The Morgan fingerprint density at radius 1 is 1.19 bits per heavy atom. The number of hydrogen-bond donors (Lipinski definition) is 2. The Morgan fingerprint density at radius 3 is 2.00 bits per heavy atom. The Balaban J connectivity index is 0.000000495. The van der Waals surface area contributed by atoms with E-state index in [0.29, 0.717) is 0 Å². The normalized spacial score (nSPS) is 17.0. The second-order valence-electron chi connectivity index (χ2n) is 5.38. The maximum absolute atomic E-state index is 10.4. The highest BCUT2D eigenvalue weighted by molar-refractivity contribution is 5.85. The zero-order valence-corrected chi connectivity index (χ0v) is 13.6. The van der Waals surface area contributed by atoms with Gasteiger partial charge in [0.2, 0.25) is 0 Å². The van der Waals surface area contributed by atoms with Gasteiger partial charge in [0.1, 0.15) is 0 Å². The molecular weight excluding hydrogens is 292 g/mol. The van der Waals surface area contributed by atoms with E-state index in [1.165, 1.54) is 14.1 Å².